The van der Waals surface area contributed by atoms with Gasteiger partial charge in [-0.2, -0.15) is 0 Å². The van der Waals surface area contributed by atoms with Crippen LogP contribution in [0.25, 0.3) is 0 Å². The first kappa shape index (κ1) is 14.8. The second-order valence-electron chi connectivity index (χ2n) is 5.50. The van der Waals surface area contributed by atoms with Gasteiger partial charge in [0.1, 0.15) is 0 Å². The van der Waals surface area contributed by atoms with Crippen molar-refractivity contribution < 1.29 is 4.79 Å². The van der Waals surface area contributed by atoms with Crippen molar-refractivity contribution in [1.82, 2.24) is 15.3 Å². The highest BCUT2D eigenvalue weighted by atomic mass is 16.1. The molecule has 0 radical (unpaired) electrons. The summed E-state index contributed by atoms with van der Waals surface area (Å²) < 4.78 is 0. The van der Waals surface area contributed by atoms with Crippen molar-refractivity contribution in [2.45, 2.75) is 51.5 Å². The normalized spacial score (nSPS) is 15.3. The Morgan fingerprint density at radius 3 is 2.60 bits per heavy atom. The maximum absolute atomic E-state index is 12.0. The fourth-order valence-electron chi connectivity index (χ4n) is 2.47. The Morgan fingerprint density at radius 1 is 1.35 bits per heavy atom. The minimum absolute atomic E-state index is 0.0559. The maximum Gasteiger partial charge on any atom is 0.254 e. The third-order valence-electron chi connectivity index (χ3n) is 3.78. The molecule has 0 atom stereocenters. The molecule has 1 N–H and O–H groups in total. The molecule has 110 valence electrons. The largest absolute Gasteiger partial charge is 0.349 e. The molecule has 0 aliphatic heterocycles. The molecule has 5 nitrogen and oxygen atoms in total. The van der Waals surface area contributed by atoms with Crippen molar-refractivity contribution in [2.75, 3.05) is 18.5 Å². The highest BCUT2D eigenvalue weighted by molar-refractivity contribution is 5.93. The van der Waals surface area contributed by atoms with E-state index >= 15 is 0 Å². The van der Waals surface area contributed by atoms with Gasteiger partial charge in [0.2, 0.25) is 5.95 Å². The first-order valence-electron chi connectivity index (χ1n) is 7.54. The molecule has 0 spiro atoms. The van der Waals surface area contributed by atoms with Crippen LogP contribution >= 0.6 is 0 Å². The van der Waals surface area contributed by atoms with Crippen LogP contribution in [-0.4, -0.2) is 35.5 Å². The highest BCUT2D eigenvalue weighted by Gasteiger charge is 2.18. The quantitative estimate of drug-likeness (QED) is 0.866. The van der Waals surface area contributed by atoms with Gasteiger partial charge in [-0.1, -0.05) is 26.2 Å². The van der Waals surface area contributed by atoms with Crippen molar-refractivity contribution in [1.29, 1.82) is 0 Å². The van der Waals surface area contributed by atoms with Crippen molar-refractivity contribution in [2.24, 2.45) is 0 Å². The van der Waals surface area contributed by atoms with Crippen LogP contribution in [0.3, 0.4) is 0 Å². The molecule has 0 aromatic carbocycles. The molecule has 1 aliphatic rings. The minimum Gasteiger partial charge on any atom is -0.349 e. The Hall–Kier alpha value is -1.65. The molecule has 2 rings (SSSR count). The van der Waals surface area contributed by atoms with Gasteiger partial charge in [-0.3, -0.25) is 4.79 Å². The Balaban J connectivity index is 1.91. The fraction of sp³-hybridized carbons (Fsp3) is 0.667. The number of anilines is 1. The van der Waals surface area contributed by atoms with Gasteiger partial charge in [0.25, 0.3) is 5.91 Å². The average molecular weight is 276 g/mol. The van der Waals surface area contributed by atoms with Crippen LogP contribution in [0.15, 0.2) is 12.4 Å². The van der Waals surface area contributed by atoms with Crippen molar-refractivity contribution in [3.63, 3.8) is 0 Å². The van der Waals surface area contributed by atoms with Gasteiger partial charge in [0.15, 0.2) is 0 Å². The molecular formula is C15H24N4O. The van der Waals surface area contributed by atoms with E-state index in [-0.39, 0.29) is 5.91 Å². The lowest BCUT2D eigenvalue weighted by molar-refractivity contribution is 0.0937. The predicted octanol–water partition coefficient (Wildman–Crippen LogP) is 2.39. The van der Waals surface area contributed by atoms with E-state index in [1.165, 1.54) is 12.8 Å². The molecule has 0 unspecified atom stereocenters. The van der Waals surface area contributed by atoms with Gasteiger partial charge in [0, 0.05) is 32.0 Å². The lowest BCUT2D eigenvalue weighted by Crippen LogP contribution is -2.32. The number of nitrogens with zero attached hydrogens (tertiary/aromatic N) is 3. The standard InChI is InChI=1S/C15H24N4O/c1-3-4-9-19(2)15-16-10-12(11-17-15)14(20)18-13-7-5-6-8-13/h10-11,13H,3-9H2,1-2H3,(H,18,20). The van der Waals surface area contributed by atoms with E-state index in [2.05, 4.69) is 22.2 Å². The van der Waals surface area contributed by atoms with E-state index in [0.717, 1.165) is 32.2 Å². The molecule has 1 aromatic heterocycles. The molecule has 1 aliphatic carbocycles. The third kappa shape index (κ3) is 3.92. The Labute approximate surface area is 120 Å². The van der Waals surface area contributed by atoms with E-state index in [4.69, 9.17) is 0 Å². The van der Waals surface area contributed by atoms with Gasteiger partial charge >= 0.3 is 0 Å². The Bertz CT molecular complexity index is 426. The van der Waals surface area contributed by atoms with Crippen LogP contribution < -0.4 is 10.2 Å². The van der Waals surface area contributed by atoms with E-state index in [1.54, 1.807) is 12.4 Å². The SMILES string of the molecule is CCCCN(C)c1ncc(C(=O)NC2CCCC2)cn1. The topological polar surface area (TPSA) is 58.1 Å². The number of aromatic nitrogens is 2. The molecule has 1 amide bonds. The second kappa shape index (κ2) is 7.22. The number of amides is 1. The van der Waals surface area contributed by atoms with Crippen LogP contribution in [0, 0.1) is 0 Å². The fourth-order valence-corrected chi connectivity index (χ4v) is 2.47. The summed E-state index contributed by atoms with van der Waals surface area (Å²) in [5.74, 6) is 0.621. The van der Waals surface area contributed by atoms with Gasteiger partial charge in [-0.15, -0.1) is 0 Å². The number of carbonyl (C=O) groups excluding carboxylic acids is 1. The van der Waals surface area contributed by atoms with E-state index in [9.17, 15) is 4.79 Å². The average Bonchev–Trinajstić information content (AvgIpc) is 2.97. The molecule has 20 heavy (non-hydrogen) atoms. The number of hydrogen-bond acceptors (Lipinski definition) is 4. The van der Waals surface area contributed by atoms with Crippen LogP contribution in [0.2, 0.25) is 0 Å². The van der Waals surface area contributed by atoms with Gasteiger partial charge in [-0.05, 0) is 19.3 Å². The summed E-state index contributed by atoms with van der Waals surface area (Å²) in [6.07, 6.45) is 10.1. The molecule has 1 fully saturated rings. The van der Waals surface area contributed by atoms with Crippen molar-refractivity contribution in [3.8, 4) is 0 Å². The van der Waals surface area contributed by atoms with Crippen LogP contribution in [-0.2, 0) is 0 Å². The number of hydrogen-bond donors (Lipinski definition) is 1. The zero-order chi connectivity index (χ0) is 14.4. The summed E-state index contributed by atoms with van der Waals surface area (Å²) in [7, 11) is 1.98. The molecule has 5 heteroatoms. The van der Waals surface area contributed by atoms with E-state index < -0.39 is 0 Å². The summed E-state index contributed by atoms with van der Waals surface area (Å²) in [4.78, 5) is 22.6. The predicted molar refractivity (Wildman–Crippen MR) is 79.9 cm³/mol. The monoisotopic (exact) mass is 276 g/mol. The molecule has 1 heterocycles. The molecule has 0 saturated heterocycles. The molecule has 0 bridgehead atoms. The number of carbonyl (C=O) groups is 1. The Kier molecular flexibility index (Phi) is 5.32. The minimum atomic E-state index is -0.0559. The summed E-state index contributed by atoms with van der Waals surface area (Å²) in [6, 6.07) is 0.328. The Morgan fingerprint density at radius 2 is 2.00 bits per heavy atom. The van der Waals surface area contributed by atoms with Crippen molar-refractivity contribution >= 4 is 11.9 Å². The van der Waals surface area contributed by atoms with Crippen LogP contribution in [0.4, 0.5) is 5.95 Å². The maximum atomic E-state index is 12.0. The first-order valence-corrected chi connectivity index (χ1v) is 7.54. The van der Waals surface area contributed by atoms with E-state index in [1.807, 2.05) is 11.9 Å². The highest BCUT2D eigenvalue weighted by Crippen LogP contribution is 2.18. The summed E-state index contributed by atoms with van der Waals surface area (Å²) in [5, 5.41) is 3.05. The second-order valence-corrected chi connectivity index (χ2v) is 5.50. The first-order chi connectivity index (χ1) is 9.70. The summed E-state index contributed by atoms with van der Waals surface area (Å²) >= 11 is 0. The third-order valence-corrected chi connectivity index (χ3v) is 3.78. The zero-order valence-corrected chi connectivity index (χ0v) is 12.4. The van der Waals surface area contributed by atoms with E-state index in [0.29, 0.717) is 17.6 Å². The van der Waals surface area contributed by atoms with Crippen LogP contribution in [0.5, 0.6) is 0 Å². The van der Waals surface area contributed by atoms with Crippen LogP contribution in [0.1, 0.15) is 55.8 Å². The zero-order valence-electron chi connectivity index (χ0n) is 12.4. The molecule has 1 saturated carbocycles. The van der Waals surface area contributed by atoms with Gasteiger partial charge in [-0.25, -0.2) is 9.97 Å². The molecule has 1 aromatic rings. The number of unbranched alkanes of at least 4 members (excludes halogenated alkanes) is 1. The lowest BCUT2D eigenvalue weighted by atomic mass is 10.2. The summed E-state index contributed by atoms with van der Waals surface area (Å²) in [6.45, 7) is 3.09. The smallest absolute Gasteiger partial charge is 0.254 e. The van der Waals surface area contributed by atoms with Crippen molar-refractivity contribution in [3.05, 3.63) is 18.0 Å². The lowest BCUT2D eigenvalue weighted by Gasteiger charge is -2.16. The van der Waals surface area contributed by atoms with Gasteiger partial charge < -0.3 is 10.2 Å². The number of nitrogens with one attached hydrogen (secondary N) is 1. The number of rotatable bonds is 6. The summed E-state index contributed by atoms with van der Waals surface area (Å²) in [5.41, 5.74) is 0.546. The van der Waals surface area contributed by atoms with Gasteiger partial charge in [0.05, 0.1) is 5.56 Å². The molecular weight excluding hydrogens is 252 g/mol.